The van der Waals surface area contributed by atoms with Crippen LogP contribution in [0.1, 0.15) is 24.2 Å². The van der Waals surface area contributed by atoms with Crippen molar-refractivity contribution in [2.75, 3.05) is 6.54 Å². The molecule has 0 fully saturated rings. The van der Waals surface area contributed by atoms with Crippen molar-refractivity contribution in [3.8, 4) is 0 Å². The number of amides is 1. The second-order valence-electron chi connectivity index (χ2n) is 4.62. The van der Waals surface area contributed by atoms with Crippen molar-refractivity contribution >= 4 is 11.9 Å². The summed E-state index contributed by atoms with van der Waals surface area (Å²) >= 11 is 0. The highest BCUT2D eigenvalue weighted by atomic mass is 19.1. The Kier molecular flexibility index (Phi) is 4.18. The van der Waals surface area contributed by atoms with E-state index in [1.54, 1.807) is 0 Å². The number of carboxylic acid groups (broad SMARTS) is 1. The average Bonchev–Trinajstić information content (AvgIpc) is 2.24. The number of carboxylic acids is 1. The van der Waals surface area contributed by atoms with Crippen molar-refractivity contribution in [1.29, 1.82) is 0 Å². The van der Waals surface area contributed by atoms with Crippen LogP contribution in [0.25, 0.3) is 0 Å². The van der Waals surface area contributed by atoms with Crippen molar-refractivity contribution in [1.82, 2.24) is 5.32 Å². The molecule has 104 valence electrons. The number of halogens is 3. The highest BCUT2D eigenvalue weighted by molar-refractivity contribution is 5.95. The molecule has 7 heteroatoms. The number of aliphatic carboxylic acids is 1. The van der Waals surface area contributed by atoms with Crippen LogP contribution < -0.4 is 5.32 Å². The van der Waals surface area contributed by atoms with Crippen molar-refractivity contribution in [2.24, 2.45) is 5.41 Å². The molecule has 0 bridgehead atoms. The molecule has 1 rings (SSSR count). The summed E-state index contributed by atoms with van der Waals surface area (Å²) in [6.45, 7) is 2.36. The molecule has 0 heterocycles. The van der Waals surface area contributed by atoms with Crippen LogP contribution in [0.4, 0.5) is 13.2 Å². The molecule has 4 nitrogen and oxygen atoms in total. The van der Waals surface area contributed by atoms with Gasteiger partial charge in [-0.3, -0.25) is 9.59 Å². The van der Waals surface area contributed by atoms with Crippen molar-refractivity contribution in [2.45, 2.75) is 13.8 Å². The van der Waals surface area contributed by atoms with Gasteiger partial charge in [-0.25, -0.2) is 13.2 Å². The molecular formula is C12H12F3NO3. The number of rotatable bonds is 4. The van der Waals surface area contributed by atoms with E-state index in [1.165, 1.54) is 13.8 Å². The maximum atomic E-state index is 13.3. The number of nitrogens with one attached hydrogen (secondary N) is 1. The Labute approximate surface area is 107 Å². The zero-order valence-corrected chi connectivity index (χ0v) is 10.3. The van der Waals surface area contributed by atoms with Gasteiger partial charge in [-0.1, -0.05) is 0 Å². The van der Waals surface area contributed by atoms with Gasteiger partial charge in [-0.05, 0) is 13.8 Å². The molecule has 0 saturated heterocycles. The van der Waals surface area contributed by atoms with Crippen molar-refractivity contribution < 1.29 is 27.9 Å². The summed E-state index contributed by atoms with van der Waals surface area (Å²) in [6, 6.07) is 0.751. The van der Waals surface area contributed by atoms with E-state index in [0.29, 0.717) is 12.1 Å². The van der Waals surface area contributed by atoms with Crippen LogP contribution in [0.2, 0.25) is 0 Å². The molecule has 2 N–H and O–H groups in total. The van der Waals surface area contributed by atoms with Gasteiger partial charge in [0.15, 0.2) is 0 Å². The van der Waals surface area contributed by atoms with E-state index in [1.807, 2.05) is 0 Å². The van der Waals surface area contributed by atoms with E-state index in [-0.39, 0.29) is 6.54 Å². The Morgan fingerprint density at radius 3 is 2.11 bits per heavy atom. The molecule has 0 spiro atoms. The lowest BCUT2D eigenvalue weighted by Crippen LogP contribution is -2.39. The first kappa shape index (κ1) is 15.0. The van der Waals surface area contributed by atoms with E-state index >= 15 is 0 Å². The van der Waals surface area contributed by atoms with Crippen LogP contribution in [0.3, 0.4) is 0 Å². The summed E-state index contributed by atoms with van der Waals surface area (Å²) in [4.78, 5) is 22.4. The van der Waals surface area contributed by atoms with Gasteiger partial charge in [-0.15, -0.1) is 0 Å². The summed E-state index contributed by atoms with van der Waals surface area (Å²) in [5, 5.41) is 10.9. The molecule has 0 atom stereocenters. The molecular weight excluding hydrogens is 263 g/mol. The van der Waals surface area contributed by atoms with E-state index in [2.05, 4.69) is 5.32 Å². The van der Waals surface area contributed by atoms with Crippen LogP contribution in [-0.2, 0) is 4.79 Å². The van der Waals surface area contributed by atoms with E-state index < -0.39 is 40.3 Å². The number of carbonyl (C=O) groups is 2. The maximum absolute atomic E-state index is 13.3. The van der Waals surface area contributed by atoms with Gasteiger partial charge in [0.25, 0.3) is 5.91 Å². The zero-order valence-electron chi connectivity index (χ0n) is 10.3. The first-order valence-corrected chi connectivity index (χ1v) is 5.31. The first-order valence-electron chi connectivity index (χ1n) is 5.31. The summed E-state index contributed by atoms with van der Waals surface area (Å²) < 4.78 is 39.2. The number of hydrogen-bond acceptors (Lipinski definition) is 2. The van der Waals surface area contributed by atoms with E-state index in [9.17, 15) is 22.8 Å². The molecule has 1 amide bonds. The van der Waals surface area contributed by atoms with E-state index in [4.69, 9.17) is 5.11 Å². The van der Waals surface area contributed by atoms with Gasteiger partial charge in [0, 0.05) is 18.7 Å². The van der Waals surface area contributed by atoms with Gasteiger partial charge >= 0.3 is 5.97 Å². The third-order valence-corrected chi connectivity index (χ3v) is 2.50. The van der Waals surface area contributed by atoms with E-state index in [0.717, 1.165) is 0 Å². The predicted octanol–water partition coefficient (Wildman–Crippen LogP) is 1.94. The standard InChI is InChI=1S/C12H12F3NO3/c1-12(2,11(18)19)5-16-10(17)9-7(14)3-6(13)4-8(9)15/h3-4H,5H2,1-2H3,(H,16,17)(H,18,19). The zero-order chi connectivity index (χ0) is 14.8. The Hall–Kier alpha value is -2.05. The van der Waals surface area contributed by atoms with Crippen molar-refractivity contribution in [3.63, 3.8) is 0 Å². The second kappa shape index (κ2) is 5.29. The van der Waals surface area contributed by atoms with Crippen LogP contribution >= 0.6 is 0 Å². The smallest absolute Gasteiger partial charge is 0.310 e. The predicted molar refractivity (Wildman–Crippen MR) is 60.1 cm³/mol. The minimum absolute atomic E-state index is 0.322. The maximum Gasteiger partial charge on any atom is 0.310 e. The number of carbonyl (C=O) groups excluding carboxylic acids is 1. The summed E-state index contributed by atoms with van der Waals surface area (Å²) in [5.41, 5.74) is -2.23. The molecule has 0 saturated carbocycles. The van der Waals surface area contributed by atoms with Crippen LogP contribution in [-0.4, -0.2) is 23.5 Å². The second-order valence-corrected chi connectivity index (χ2v) is 4.62. The SMILES string of the molecule is CC(C)(CNC(=O)c1c(F)cc(F)cc1F)C(=O)O. The lowest BCUT2D eigenvalue weighted by atomic mass is 9.94. The highest BCUT2D eigenvalue weighted by Gasteiger charge is 2.29. The third kappa shape index (κ3) is 3.46. The third-order valence-electron chi connectivity index (χ3n) is 2.50. The Bertz CT molecular complexity index is 506. The fraction of sp³-hybridized carbons (Fsp3) is 0.333. The summed E-state index contributed by atoms with van der Waals surface area (Å²) in [7, 11) is 0. The van der Waals surface area contributed by atoms with Crippen LogP contribution in [0, 0.1) is 22.9 Å². The lowest BCUT2D eigenvalue weighted by molar-refractivity contribution is -0.146. The van der Waals surface area contributed by atoms with Crippen LogP contribution in [0.5, 0.6) is 0 Å². The fourth-order valence-electron chi connectivity index (χ4n) is 1.22. The van der Waals surface area contributed by atoms with Gasteiger partial charge in [-0.2, -0.15) is 0 Å². The molecule has 19 heavy (non-hydrogen) atoms. The van der Waals surface area contributed by atoms with Crippen LogP contribution in [0.15, 0.2) is 12.1 Å². The summed E-state index contributed by atoms with van der Waals surface area (Å²) in [5.74, 6) is -6.14. The fourth-order valence-corrected chi connectivity index (χ4v) is 1.22. The number of hydrogen-bond donors (Lipinski definition) is 2. The monoisotopic (exact) mass is 275 g/mol. The minimum atomic E-state index is -1.34. The molecule has 0 aromatic heterocycles. The van der Waals surface area contributed by atoms with Gasteiger partial charge in [0.1, 0.15) is 23.0 Å². The largest absolute Gasteiger partial charge is 0.481 e. The Balaban J connectivity index is 2.89. The topological polar surface area (TPSA) is 66.4 Å². The Morgan fingerprint density at radius 2 is 1.68 bits per heavy atom. The van der Waals surface area contributed by atoms with Gasteiger partial charge in [0.05, 0.1) is 5.41 Å². The molecule has 0 aliphatic rings. The average molecular weight is 275 g/mol. The summed E-state index contributed by atoms with van der Waals surface area (Å²) in [6.07, 6.45) is 0. The Morgan fingerprint density at radius 1 is 1.21 bits per heavy atom. The molecule has 0 unspecified atom stereocenters. The molecule has 0 radical (unpaired) electrons. The number of benzene rings is 1. The molecule has 0 aliphatic carbocycles. The van der Waals surface area contributed by atoms with Crippen molar-refractivity contribution in [3.05, 3.63) is 35.1 Å². The molecule has 0 aliphatic heterocycles. The molecule has 1 aromatic rings. The quantitative estimate of drug-likeness (QED) is 0.882. The highest BCUT2D eigenvalue weighted by Crippen LogP contribution is 2.17. The molecule has 1 aromatic carbocycles. The lowest BCUT2D eigenvalue weighted by Gasteiger charge is -2.19. The van der Waals surface area contributed by atoms with Gasteiger partial charge in [0.2, 0.25) is 0 Å². The van der Waals surface area contributed by atoms with Gasteiger partial charge < -0.3 is 10.4 Å². The minimum Gasteiger partial charge on any atom is -0.481 e. The normalized spacial score (nSPS) is 11.2. The first-order chi connectivity index (χ1) is 8.65.